The lowest BCUT2D eigenvalue weighted by Gasteiger charge is -2.26. The number of benzene rings is 2. The van der Waals surface area contributed by atoms with Crippen LogP contribution in [0, 0.1) is 11.8 Å². The van der Waals surface area contributed by atoms with Gasteiger partial charge in [0.1, 0.15) is 0 Å². The van der Waals surface area contributed by atoms with Gasteiger partial charge < -0.3 is 54.6 Å². The number of carbonyl (C=O) groups excluding carboxylic acids is 4. The summed E-state index contributed by atoms with van der Waals surface area (Å²) >= 11 is 1.90. The van der Waals surface area contributed by atoms with E-state index in [0.29, 0.717) is 97.4 Å². The number of nitrogens with zero attached hydrogens (tertiary/aromatic N) is 1. The number of urea groups is 1. The molecule has 16 heteroatoms. The van der Waals surface area contributed by atoms with Crippen LogP contribution in [0.4, 0.5) is 10.5 Å². The average molecular weight is 838 g/mol. The van der Waals surface area contributed by atoms with Crippen LogP contribution in [0.15, 0.2) is 48.5 Å². The quantitative estimate of drug-likeness (QED) is 0.0539. The normalized spacial score (nSPS) is 17.7. The number of thioether (sulfide) groups is 1. The van der Waals surface area contributed by atoms with Crippen LogP contribution in [0.1, 0.15) is 55.2 Å². The molecule has 3 heterocycles. The fraction of sp³-hybridized carbons (Fsp3) is 0.581. The van der Waals surface area contributed by atoms with E-state index in [2.05, 4.69) is 33.1 Å². The van der Waals surface area contributed by atoms with Crippen LogP contribution in [-0.2, 0) is 49.3 Å². The van der Waals surface area contributed by atoms with E-state index in [9.17, 15) is 19.2 Å². The molecular formula is C43H59N5O10S. The number of para-hydroxylation sites is 1. The Labute approximate surface area is 351 Å². The van der Waals surface area contributed by atoms with Gasteiger partial charge in [0.15, 0.2) is 0 Å². The summed E-state index contributed by atoms with van der Waals surface area (Å²) in [4.78, 5) is 50.9. The number of anilines is 1. The van der Waals surface area contributed by atoms with Gasteiger partial charge in [0.25, 0.3) is 0 Å². The van der Waals surface area contributed by atoms with Crippen molar-refractivity contribution in [3.8, 4) is 11.8 Å². The second-order valence-corrected chi connectivity index (χ2v) is 15.4. The summed E-state index contributed by atoms with van der Waals surface area (Å²) in [6.07, 6.45) is 3.66. The number of amides is 5. The third kappa shape index (κ3) is 16.8. The molecule has 0 bridgehead atoms. The average Bonchev–Trinajstić information content (AvgIpc) is 3.79. The van der Waals surface area contributed by atoms with Gasteiger partial charge in [-0.2, -0.15) is 11.8 Å². The zero-order valence-corrected chi connectivity index (χ0v) is 34.7. The van der Waals surface area contributed by atoms with Crippen LogP contribution in [0.3, 0.4) is 0 Å². The lowest BCUT2D eigenvalue weighted by molar-refractivity contribution is -0.123. The highest BCUT2D eigenvalue weighted by Gasteiger charge is 2.42. The number of carbonyl (C=O) groups is 4. The molecule has 3 aliphatic rings. The smallest absolute Gasteiger partial charge is 0.315 e. The number of unbranched alkanes of at least 4 members (excludes halogenated alkanes) is 1. The molecule has 0 saturated carbocycles. The van der Waals surface area contributed by atoms with Crippen molar-refractivity contribution in [2.75, 3.05) is 103 Å². The van der Waals surface area contributed by atoms with Crippen molar-refractivity contribution in [2.45, 2.75) is 62.4 Å². The van der Waals surface area contributed by atoms with Crippen LogP contribution < -0.4 is 26.2 Å². The Morgan fingerprint density at radius 3 is 1.95 bits per heavy atom. The van der Waals surface area contributed by atoms with E-state index in [1.807, 2.05) is 60.3 Å². The first-order valence-corrected chi connectivity index (χ1v) is 21.7. The third-order valence-corrected chi connectivity index (χ3v) is 11.3. The summed E-state index contributed by atoms with van der Waals surface area (Å²) < 4.78 is 33.1. The first-order chi connectivity index (χ1) is 29.0. The van der Waals surface area contributed by atoms with Gasteiger partial charge in [-0.1, -0.05) is 48.6 Å². The minimum Gasteiger partial charge on any atom is -0.379 e. The number of fused-ring (bicyclic) bond motifs is 3. The maximum atomic E-state index is 13.3. The molecular weight excluding hydrogens is 779 g/mol. The van der Waals surface area contributed by atoms with E-state index >= 15 is 0 Å². The van der Waals surface area contributed by atoms with E-state index in [4.69, 9.17) is 28.4 Å². The summed E-state index contributed by atoms with van der Waals surface area (Å²) in [5.74, 6) is 7.14. The molecule has 59 heavy (non-hydrogen) atoms. The Balaban J connectivity index is 0.734. The van der Waals surface area contributed by atoms with Gasteiger partial charge in [-0.05, 0) is 36.6 Å². The van der Waals surface area contributed by atoms with Crippen LogP contribution in [0.25, 0.3) is 0 Å². The number of rotatable bonds is 29. The Hall–Kier alpha value is -4.21. The van der Waals surface area contributed by atoms with Crippen molar-refractivity contribution in [1.82, 2.24) is 21.3 Å². The molecule has 3 aliphatic heterocycles. The molecule has 2 saturated heterocycles. The van der Waals surface area contributed by atoms with Gasteiger partial charge in [0.2, 0.25) is 17.7 Å². The Morgan fingerprint density at radius 1 is 0.661 bits per heavy atom. The van der Waals surface area contributed by atoms with Crippen molar-refractivity contribution in [3.05, 3.63) is 65.2 Å². The fourth-order valence-electron chi connectivity index (χ4n) is 6.73. The molecule has 3 atom stereocenters. The largest absolute Gasteiger partial charge is 0.379 e. The topological polar surface area (TPSA) is 175 Å². The van der Waals surface area contributed by atoms with Gasteiger partial charge in [0, 0.05) is 54.5 Å². The van der Waals surface area contributed by atoms with Crippen molar-refractivity contribution in [3.63, 3.8) is 0 Å². The van der Waals surface area contributed by atoms with Crippen molar-refractivity contribution < 1.29 is 47.6 Å². The standard InChI is InChI=1S/C43H59N5O10S/c49-39(12-6-5-11-38-42-36(32-59-38)46-43(52)47-42)45-18-20-54-22-24-56-26-28-58-30-29-57-27-25-55-23-21-53-19-16-40(50)44-17-15-41(51)48-31-35-9-2-1-7-33(35)13-14-34-8-3-4-10-37(34)48/h1-4,7-10,36,38,42H,5-6,11-12,15-32H2,(H,44,50)(H,45,49)(H2,46,47,52). The molecule has 0 radical (unpaired) electrons. The Kier molecular flexibility index (Phi) is 20.8. The van der Waals surface area contributed by atoms with Gasteiger partial charge >= 0.3 is 6.03 Å². The molecule has 15 nitrogen and oxygen atoms in total. The second kappa shape index (κ2) is 26.8. The molecule has 2 fully saturated rings. The summed E-state index contributed by atoms with van der Waals surface area (Å²) in [5, 5.41) is 12.1. The second-order valence-electron chi connectivity index (χ2n) is 14.1. The summed E-state index contributed by atoms with van der Waals surface area (Å²) in [6, 6.07) is 15.8. The Morgan fingerprint density at radius 2 is 1.24 bits per heavy atom. The SMILES string of the molecule is O=C(CCCCC1SCC2NC(=O)NC21)NCCOCCOCCOCCOCCOCCOCCC(=O)NCCC(=O)N1Cc2ccccc2C#Cc2ccccc21. The van der Waals surface area contributed by atoms with E-state index in [1.54, 1.807) is 4.90 Å². The zero-order chi connectivity index (χ0) is 41.3. The molecule has 5 rings (SSSR count). The van der Waals surface area contributed by atoms with Crippen LogP contribution in [0.2, 0.25) is 0 Å². The molecule has 4 N–H and O–H groups in total. The highest BCUT2D eigenvalue weighted by molar-refractivity contribution is 8.00. The lowest BCUT2D eigenvalue weighted by atomic mass is 10.0. The summed E-state index contributed by atoms with van der Waals surface area (Å²) in [6.45, 7) is 6.11. The summed E-state index contributed by atoms with van der Waals surface area (Å²) in [7, 11) is 0. The van der Waals surface area contributed by atoms with Crippen LogP contribution >= 0.6 is 11.8 Å². The maximum absolute atomic E-state index is 13.3. The van der Waals surface area contributed by atoms with Gasteiger partial charge in [0.05, 0.1) is 104 Å². The molecule has 0 aliphatic carbocycles. The fourth-order valence-corrected chi connectivity index (χ4v) is 8.27. The van der Waals surface area contributed by atoms with Crippen molar-refractivity contribution in [1.29, 1.82) is 0 Å². The van der Waals surface area contributed by atoms with Crippen LogP contribution in [0.5, 0.6) is 0 Å². The highest BCUT2D eigenvalue weighted by atomic mass is 32.2. The molecule has 2 aromatic carbocycles. The number of hydrogen-bond acceptors (Lipinski definition) is 11. The molecule has 322 valence electrons. The van der Waals surface area contributed by atoms with Crippen LogP contribution in [-0.4, -0.2) is 139 Å². The number of hydrogen-bond donors (Lipinski definition) is 4. The minimum absolute atomic E-state index is 0.0330. The maximum Gasteiger partial charge on any atom is 0.315 e. The van der Waals surface area contributed by atoms with Crippen molar-refractivity contribution >= 4 is 41.2 Å². The van der Waals surface area contributed by atoms with E-state index < -0.39 is 0 Å². The van der Waals surface area contributed by atoms with E-state index in [1.165, 1.54) is 0 Å². The molecule has 5 amide bonds. The van der Waals surface area contributed by atoms with E-state index in [0.717, 1.165) is 47.4 Å². The Bertz CT molecular complexity index is 1690. The first-order valence-electron chi connectivity index (χ1n) is 20.7. The minimum atomic E-state index is -0.176. The molecule has 2 aromatic rings. The van der Waals surface area contributed by atoms with Gasteiger partial charge in [-0.25, -0.2) is 4.79 Å². The number of nitrogens with one attached hydrogen (secondary N) is 4. The van der Waals surface area contributed by atoms with E-state index in [-0.39, 0.29) is 61.8 Å². The predicted octanol–water partition coefficient (Wildman–Crippen LogP) is 2.77. The highest BCUT2D eigenvalue weighted by Crippen LogP contribution is 2.33. The number of ether oxygens (including phenoxy) is 6. The molecule has 0 spiro atoms. The van der Waals surface area contributed by atoms with Gasteiger partial charge in [-0.15, -0.1) is 0 Å². The molecule has 3 unspecified atom stereocenters. The molecule has 0 aromatic heterocycles. The lowest BCUT2D eigenvalue weighted by Crippen LogP contribution is -2.36. The summed E-state index contributed by atoms with van der Waals surface area (Å²) in [5.41, 5.74) is 3.45. The zero-order valence-electron chi connectivity index (χ0n) is 33.8. The third-order valence-electron chi connectivity index (χ3n) is 9.82. The monoisotopic (exact) mass is 837 g/mol. The first kappa shape index (κ1) is 45.9. The predicted molar refractivity (Wildman–Crippen MR) is 224 cm³/mol. The van der Waals surface area contributed by atoms with Crippen molar-refractivity contribution in [2.24, 2.45) is 0 Å². The van der Waals surface area contributed by atoms with Gasteiger partial charge in [-0.3, -0.25) is 14.4 Å².